The third-order valence-electron chi connectivity index (χ3n) is 5.59. The van der Waals surface area contributed by atoms with E-state index in [1.165, 1.54) is 17.4 Å². The number of thiazole rings is 1. The van der Waals surface area contributed by atoms with Gasteiger partial charge in [-0.05, 0) is 49.4 Å². The Morgan fingerprint density at radius 1 is 1.24 bits per heavy atom. The monoisotopic (exact) mass is 475 g/mol. The Morgan fingerprint density at radius 2 is 2.12 bits per heavy atom. The number of carbonyl (C=O) groups is 1. The molecule has 1 aliphatic carbocycles. The Balaban J connectivity index is 1.62. The van der Waals surface area contributed by atoms with Crippen LogP contribution in [0.3, 0.4) is 0 Å². The zero-order valence-corrected chi connectivity index (χ0v) is 18.9. The maximum atomic E-state index is 11.8. The fourth-order valence-electron chi connectivity index (χ4n) is 3.86. The molecule has 0 bridgehead atoms. The zero-order chi connectivity index (χ0) is 23.5. The molecule has 2 aliphatic rings. The summed E-state index contributed by atoms with van der Waals surface area (Å²) in [6, 6.07) is 11.9. The largest absolute Gasteiger partial charge is 0.482 e. The van der Waals surface area contributed by atoms with E-state index in [1.54, 1.807) is 28.9 Å². The molecule has 34 heavy (non-hydrogen) atoms. The number of carbonyl (C=O) groups excluding carboxylic acids is 1. The molecular formula is C24H21N5O4S. The number of ether oxygens (including phenoxy) is 1. The number of rotatable bonds is 5. The normalized spacial score (nSPS) is 17.9. The van der Waals surface area contributed by atoms with Crippen LogP contribution in [0.4, 0.5) is 17.1 Å². The van der Waals surface area contributed by atoms with Crippen LogP contribution in [0.15, 0.2) is 70.1 Å². The van der Waals surface area contributed by atoms with Crippen molar-refractivity contribution in [1.82, 2.24) is 4.68 Å². The predicted octanol–water partition coefficient (Wildman–Crippen LogP) is 4.88. The molecule has 1 atom stereocenters. The maximum absolute atomic E-state index is 11.8. The number of benzene rings is 2. The first kappa shape index (κ1) is 21.8. The molecule has 1 unspecified atom stereocenters. The number of amides is 1. The second-order valence-corrected chi connectivity index (χ2v) is 8.77. The first-order chi connectivity index (χ1) is 16.6. The van der Waals surface area contributed by atoms with Crippen molar-refractivity contribution in [2.75, 3.05) is 11.9 Å². The molecule has 0 radical (unpaired) electrons. The number of nitro benzene ring substituents is 1. The molecule has 1 N–H and O–H groups in total. The summed E-state index contributed by atoms with van der Waals surface area (Å²) in [4.78, 5) is 27.9. The van der Waals surface area contributed by atoms with Gasteiger partial charge in [0.05, 0.1) is 16.3 Å². The number of nitrogens with one attached hydrogen (secondary N) is 1. The SMILES string of the molecule is O=C1COc2ccc(-c3csc(=Nc4ccccc4[N+](=O)[O-])n3N=CC3CC=CCC3)cc2N1. The first-order valence-corrected chi connectivity index (χ1v) is 11.7. The molecule has 1 aliphatic heterocycles. The van der Waals surface area contributed by atoms with Gasteiger partial charge in [-0.2, -0.15) is 5.10 Å². The highest BCUT2D eigenvalue weighted by atomic mass is 32.1. The van der Waals surface area contributed by atoms with Gasteiger partial charge in [-0.1, -0.05) is 24.3 Å². The van der Waals surface area contributed by atoms with Crippen molar-refractivity contribution in [3.05, 3.63) is 74.9 Å². The molecule has 1 amide bonds. The third-order valence-corrected chi connectivity index (χ3v) is 6.41. The number of anilines is 1. The Bertz CT molecular complexity index is 1390. The Kier molecular flexibility index (Phi) is 6.05. The van der Waals surface area contributed by atoms with Gasteiger partial charge < -0.3 is 10.1 Å². The molecule has 10 heteroatoms. The number of nitrogens with zero attached hydrogens (tertiary/aromatic N) is 4. The molecule has 0 saturated carbocycles. The van der Waals surface area contributed by atoms with Gasteiger partial charge in [-0.3, -0.25) is 14.9 Å². The molecule has 9 nitrogen and oxygen atoms in total. The van der Waals surface area contributed by atoms with E-state index in [0.29, 0.717) is 22.2 Å². The molecule has 0 spiro atoms. The molecule has 172 valence electrons. The van der Waals surface area contributed by atoms with Crippen LogP contribution in [0.5, 0.6) is 5.75 Å². The van der Waals surface area contributed by atoms with E-state index in [9.17, 15) is 14.9 Å². The van der Waals surface area contributed by atoms with E-state index in [4.69, 9.17) is 9.84 Å². The summed E-state index contributed by atoms with van der Waals surface area (Å²) in [5.74, 6) is 0.700. The van der Waals surface area contributed by atoms with Gasteiger partial charge in [0.1, 0.15) is 11.4 Å². The lowest BCUT2D eigenvalue weighted by atomic mass is 9.96. The fourth-order valence-corrected chi connectivity index (χ4v) is 4.71. The standard InChI is InChI=1S/C24H21N5O4S/c30-23-14-33-22-11-10-17(12-19(22)26-23)21-15-34-24(27-18-8-4-5-9-20(18)29(31)32)28(21)25-13-16-6-2-1-3-7-16/h1-2,4-5,8-13,15-16H,3,6-7,14H2,(H,26,30). The van der Waals surface area contributed by atoms with Crippen LogP contribution in [0.25, 0.3) is 11.3 Å². The molecule has 0 saturated heterocycles. The summed E-state index contributed by atoms with van der Waals surface area (Å²) < 4.78 is 7.17. The van der Waals surface area contributed by atoms with E-state index in [2.05, 4.69) is 22.5 Å². The van der Waals surface area contributed by atoms with Crippen LogP contribution in [0.2, 0.25) is 0 Å². The van der Waals surface area contributed by atoms with Crippen molar-refractivity contribution >= 4 is 40.5 Å². The van der Waals surface area contributed by atoms with Crippen molar-refractivity contribution in [2.45, 2.75) is 19.3 Å². The highest BCUT2D eigenvalue weighted by molar-refractivity contribution is 7.07. The van der Waals surface area contributed by atoms with Crippen molar-refractivity contribution in [3.63, 3.8) is 0 Å². The van der Waals surface area contributed by atoms with Crippen LogP contribution in [0, 0.1) is 16.0 Å². The van der Waals surface area contributed by atoms with Crippen LogP contribution in [-0.2, 0) is 4.79 Å². The van der Waals surface area contributed by atoms with Crippen LogP contribution >= 0.6 is 11.3 Å². The minimum Gasteiger partial charge on any atom is -0.482 e. The minimum absolute atomic E-state index is 0.0101. The lowest BCUT2D eigenvalue weighted by Gasteiger charge is -2.18. The average molecular weight is 476 g/mol. The molecule has 5 rings (SSSR count). The molecule has 3 aromatic rings. The van der Waals surface area contributed by atoms with Gasteiger partial charge in [0.15, 0.2) is 6.61 Å². The number of fused-ring (bicyclic) bond motifs is 1. The number of nitro groups is 1. The smallest absolute Gasteiger partial charge is 0.294 e. The van der Waals surface area contributed by atoms with Gasteiger partial charge in [-0.25, -0.2) is 9.67 Å². The zero-order valence-electron chi connectivity index (χ0n) is 18.1. The average Bonchev–Trinajstić information content (AvgIpc) is 3.25. The van der Waals surface area contributed by atoms with Crippen molar-refractivity contribution < 1.29 is 14.5 Å². The highest BCUT2D eigenvalue weighted by Crippen LogP contribution is 2.33. The van der Waals surface area contributed by atoms with Crippen LogP contribution in [-0.4, -0.2) is 28.3 Å². The number of aromatic nitrogens is 1. The molecule has 2 aromatic carbocycles. The molecule has 2 heterocycles. The lowest BCUT2D eigenvalue weighted by molar-refractivity contribution is -0.384. The van der Waals surface area contributed by atoms with Gasteiger partial charge in [0.25, 0.3) is 11.6 Å². The quantitative estimate of drug-likeness (QED) is 0.245. The summed E-state index contributed by atoms with van der Waals surface area (Å²) in [5, 5.41) is 21.0. The second-order valence-electron chi connectivity index (χ2n) is 7.93. The summed E-state index contributed by atoms with van der Waals surface area (Å²) >= 11 is 1.34. The van der Waals surface area contributed by atoms with E-state index < -0.39 is 4.92 Å². The van der Waals surface area contributed by atoms with Crippen molar-refractivity contribution in [2.24, 2.45) is 16.0 Å². The third kappa shape index (κ3) is 4.53. The van der Waals surface area contributed by atoms with Crippen LogP contribution in [0.1, 0.15) is 19.3 Å². The van der Waals surface area contributed by atoms with Gasteiger partial charge >= 0.3 is 0 Å². The molecule has 0 fully saturated rings. The number of hydrogen-bond acceptors (Lipinski definition) is 7. The Morgan fingerprint density at radius 3 is 2.94 bits per heavy atom. The van der Waals surface area contributed by atoms with Crippen LogP contribution < -0.4 is 14.9 Å². The summed E-state index contributed by atoms with van der Waals surface area (Å²) in [5.41, 5.74) is 2.35. The lowest BCUT2D eigenvalue weighted by Crippen LogP contribution is -2.25. The second kappa shape index (κ2) is 9.44. The highest BCUT2D eigenvalue weighted by Gasteiger charge is 2.19. The van der Waals surface area contributed by atoms with E-state index >= 15 is 0 Å². The van der Waals surface area contributed by atoms with E-state index in [-0.39, 0.29) is 23.9 Å². The Hall–Kier alpha value is -4.05. The Labute approximate surface area is 198 Å². The number of para-hydroxylation sites is 2. The summed E-state index contributed by atoms with van der Waals surface area (Å²) in [6.45, 7) is -0.0101. The summed E-state index contributed by atoms with van der Waals surface area (Å²) in [6.07, 6.45) is 9.19. The maximum Gasteiger partial charge on any atom is 0.294 e. The fraction of sp³-hybridized carbons (Fsp3) is 0.208. The number of hydrogen-bond donors (Lipinski definition) is 1. The molecule has 1 aromatic heterocycles. The minimum atomic E-state index is -0.443. The van der Waals surface area contributed by atoms with Gasteiger partial charge in [0, 0.05) is 23.2 Å². The van der Waals surface area contributed by atoms with Crippen molar-refractivity contribution in [3.8, 4) is 17.0 Å². The van der Waals surface area contributed by atoms with E-state index in [1.807, 2.05) is 23.7 Å². The topological polar surface area (TPSA) is 111 Å². The van der Waals surface area contributed by atoms with E-state index in [0.717, 1.165) is 30.5 Å². The molecular weight excluding hydrogens is 454 g/mol. The van der Waals surface area contributed by atoms with Crippen molar-refractivity contribution in [1.29, 1.82) is 0 Å². The van der Waals surface area contributed by atoms with Gasteiger partial charge in [0.2, 0.25) is 4.80 Å². The predicted molar refractivity (Wildman–Crippen MR) is 131 cm³/mol. The van der Waals surface area contributed by atoms with Gasteiger partial charge in [-0.15, -0.1) is 11.3 Å². The number of allylic oxidation sites excluding steroid dienone is 2. The first-order valence-electron chi connectivity index (χ1n) is 10.8. The summed E-state index contributed by atoms with van der Waals surface area (Å²) in [7, 11) is 0.